The van der Waals surface area contributed by atoms with Crippen molar-refractivity contribution in [2.45, 2.75) is 69.2 Å². The summed E-state index contributed by atoms with van der Waals surface area (Å²) in [4.78, 5) is 0. The predicted molar refractivity (Wildman–Crippen MR) is 173 cm³/mol. The van der Waals surface area contributed by atoms with E-state index >= 15 is 0 Å². The Hall–Kier alpha value is -1.79. The molecule has 4 rings (SSSR count). The Morgan fingerprint density at radius 2 is 0.773 bits per heavy atom. The molecule has 0 atom stereocenters. The monoisotopic (exact) mass is 706 g/mol. The number of ether oxygens (including phenoxy) is 3. The number of benzene rings is 3. The molecule has 0 aliphatic carbocycles. The van der Waals surface area contributed by atoms with Gasteiger partial charge in [-0.3, -0.25) is 0 Å². The van der Waals surface area contributed by atoms with Crippen molar-refractivity contribution in [2.24, 2.45) is 0 Å². The van der Waals surface area contributed by atoms with E-state index in [1.165, 1.54) is 59.7 Å². The van der Waals surface area contributed by atoms with Crippen LogP contribution >= 0.6 is 0 Å². The van der Waals surface area contributed by atoms with E-state index in [0.717, 1.165) is 33.9 Å². The summed E-state index contributed by atoms with van der Waals surface area (Å²) in [6, 6.07) is 13.8. The maximum Gasteiger partial charge on any atom is 4.00 e. The first-order valence-corrected chi connectivity index (χ1v) is 16.1. The molecule has 0 saturated carbocycles. The van der Waals surface area contributed by atoms with E-state index in [9.17, 15) is 0 Å². The molecule has 0 saturated heterocycles. The Kier molecular flexibility index (Phi) is 15.5. The van der Waals surface area contributed by atoms with Crippen LogP contribution in [0.4, 0.5) is 0 Å². The molecule has 0 spiro atoms. The number of hydrogen-bond donors (Lipinski definition) is 0. The number of aryl methyl sites for hydroxylation is 3. The molecule has 0 aliphatic heterocycles. The molecular formula is C36H45Cl3O3SiTi. The van der Waals surface area contributed by atoms with Crippen LogP contribution in [0.1, 0.15) is 55.6 Å². The number of halogens is 3. The van der Waals surface area contributed by atoms with Gasteiger partial charge in [0.1, 0.15) is 17.2 Å². The van der Waals surface area contributed by atoms with Gasteiger partial charge in [-0.25, -0.2) is 0 Å². The van der Waals surface area contributed by atoms with Gasteiger partial charge >= 0.3 is 21.7 Å². The Labute approximate surface area is 300 Å². The maximum absolute atomic E-state index is 6.07. The topological polar surface area (TPSA) is 27.7 Å². The summed E-state index contributed by atoms with van der Waals surface area (Å²) in [7, 11) is 2.38. The molecule has 44 heavy (non-hydrogen) atoms. The fraction of sp³-hybridized carbons (Fsp3) is 0.361. The molecule has 4 aromatic rings. The van der Waals surface area contributed by atoms with Gasteiger partial charge in [0.15, 0.2) is 8.07 Å². The van der Waals surface area contributed by atoms with Crippen LogP contribution in [-0.4, -0.2) is 29.4 Å². The summed E-state index contributed by atoms with van der Waals surface area (Å²) in [6.45, 7) is 22.3. The van der Waals surface area contributed by atoms with Crippen LogP contribution in [0.5, 0.6) is 17.2 Å². The summed E-state index contributed by atoms with van der Waals surface area (Å²) in [5.74, 6) is 2.87. The molecule has 0 N–H and O–H groups in total. The smallest absolute Gasteiger partial charge is 1.00 e. The van der Waals surface area contributed by atoms with Gasteiger partial charge in [0.2, 0.25) is 0 Å². The first-order valence-electron chi connectivity index (χ1n) is 14.1. The molecule has 0 heterocycles. The van der Waals surface area contributed by atoms with Crippen molar-refractivity contribution in [3.8, 4) is 17.2 Å². The van der Waals surface area contributed by atoms with Gasteiger partial charge in [0.05, 0.1) is 21.3 Å². The van der Waals surface area contributed by atoms with E-state index in [-0.39, 0.29) is 58.9 Å². The van der Waals surface area contributed by atoms with Crippen molar-refractivity contribution >= 4 is 28.8 Å². The normalized spacial score (nSPS) is 10.6. The molecule has 0 radical (unpaired) electrons. The fourth-order valence-corrected chi connectivity index (χ4v) is 13.5. The molecule has 0 aliphatic rings. The minimum absolute atomic E-state index is 0. The van der Waals surface area contributed by atoms with Crippen molar-refractivity contribution in [3.63, 3.8) is 0 Å². The number of rotatable bonds is 7. The Bertz CT molecular complexity index is 1460. The Balaban J connectivity index is 0.00000462. The summed E-state index contributed by atoms with van der Waals surface area (Å²) < 4.78 is 18.2. The van der Waals surface area contributed by atoms with Gasteiger partial charge in [0.25, 0.3) is 0 Å². The Morgan fingerprint density at radius 1 is 0.477 bits per heavy atom. The predicted octanol–water partition coefficient (Wildman–Crippen LogP) is -3.10. The van der Waals surface area contributed by atoms with Gasteiger partial charge in [-0.05, 0) is 90.5 Å². The molecule has 4 aromatic carbocycles. The molecule has 0 fully saturated rings. The zero-order chi connectivity index (χ0) is 29.7. The van der Waals surface area contributed by atoms with Crippen LogP contribution in [0.25, 0.3) is 0 Å². The van der Waals surface area contributed by atoms with E-state index in [2.05, 4.69) is 106 Å². The third-order valence-corrected chi connectivity index (χ3v) is 15.0. The third-order valence-electron chi connectivity index (χ3n) is 9.45. The zero-order valence-electron chi connectivity index (χ0n) is 28.3. The summed E-state index contributed by atoms with van der Waals surface area (Å²) in [6.07, 6.45) is 0. The summed E-state index contributed by atoms with van der Waals surface area (Å²) >= 11 is 0. The van der Waals surface area contributed by atoms with Crippen molar-refractivity contribution in [3.05, 3.63) is 92.0 Å². The average molecular weight is 708 g/mol. The Morgan fingerprint density at radius 3 is 1.00 bits per heavy atom. The minimum atomic E-state index is -2.99. The minimum Gasteiger partial charge on any atom is -1.00 e. The maximum atomic E-state index is 6.07. The van der Waals surface area contributed by atoms with Crippen molar-refractivity contribution in [1.29, 1.82) is 0 Å². The molecule has 0 aromatic heterocycles. The van der Waals surface area contributed by atoms with Gasteiger partial charge in [-0.2, -0.15) is 27.4 Å². The van der Waals surface area contributed by atoms with Crippen LogP contribution in [-0.2, 0) is 21.7 Å². The molecule has 3 nitrogen and oxygen atoms in total. The van der Waals surface area contributed by atoms with Gasteiger partial charge in [0, 0.05) is 0 Å². The second kappa shape index (κ2) is 16.2. The second-order valence-electron chi connectivity index (χ2n) is 11.4. The van der Waals surface area contributed by atoms with Crippen molar-refractivity contribution in [1.82, 2.24) is 0 Å². The van der Waals surface area contributed by atoms with Gasteiger partial charge < -0.3 is 51.4 Å². The van der Waals surface area contributed by atoms with Crippen LogP contribution in [0.15, 0.2) is 36.4 Å². The number of hydrogen-bond acceptors (Lipinski definition) is 3. The van der Waals surface area contributed by atoms with E-state index < -0.39 is 8.07 Å². The molecule has 236 valence electrons. The fourth-order valence-electron chi connectivity index (χ4n) is 7.26. The first kappa shape index (κ1) is 42.2. The zero-order valence-corrected chi connectivity index (χ0v) is 33.2. The summed E-state index contributed by atoms with van der Waals surface area (Å²) in [5, 5.41) is 5.48. The second-order valence-corrected chi connectivity index (χ2v) is 15.0. The van der Waals surface area contributed by atoms with E-state index in [1.54, 1.807) is 21.3 Å². The van der Waals surface area contributed by atoms with Crippen LogP contribution in [0.3, 0.4) is 0 Å². The summed E-state index contributed by atoms with van der Waals surface area (Å²) in [5.41, 5.74) is 12.5. The van der Waals surface area contributed by atoms with Gasteiger partial charge in [-0.1, -0.05) is 64.1 Å². The van der Waals surface area contributed by atoms with Crippen LogP contribution in [0, 0.1) is 69.2 Å². The van der Waals surface area contributed by atoms with Crippen LogP contribution < -0.4 is 72.2 Å². The SMILES string of the molecule is COc1c(C)ccc([Si](c2ccc(C)c(OC)c2C)(c2ccc(C)c(OC)c2C)c2c(C)c(C)c(C)[c-]2C)c1C.[Cl-].[Cl-].[Cl-].[Ti+4]. The molecule has 8 heteroatoms. The molecule has 0 amide bonds. The van der Waals surface area contributed by atoms with Crippen molar-refractivity contribution in [2.75, 3.05) is 21.3 Å². The average Bonchev–Trinajstić information content (AvgIpc) is 3.10. The number of methoxy groups -OCH3 is 3. The third kappa shape index (κ3) is 6.28. The van der Waals surface area contributed by atoms with E-state index in [0.29, 0.717) is 0 Å². The molecule has 0 unspecified atom stereocenters. The van der Waals surface area contributed by atoms with Crippen molar-refractivity contribution < 1.29 is 73.1 Å². The largest absolute Gasteiger partial charge is 4.00 e. The van der Waals surface area contributed by atoms with Crippen LogP contribution in [0.2, 0.25) is 0 Å². The van der Waals surface area contributed by atoms with E-state index in [4.69, 9.17) is 14.2 Å². The standard InChI is InChI=1S/C36H45O3Si.3ClH.Ti/c1-20-14-17-30(27(8)33(20)37-11)40(36-25(6)23(4)24(5)26(36)7,31-18-15-21(2)34(38-12)28(31)9)32-19-16-22(3)35(39-13)29(32)10;;;;/h14-19H,1-13H3;3*1H;/q-1;;;;+4/p-3. The van der Waals surface area contributed by atoms with E-state index in [1.807, 2.05) is 0 Å². The quantitative estimate of drug-likeness (QED) is 0.116. The van der Waals surface area contributed by atoms with Gasteiger partial charge in [-0.15, -0.1) is 0 Å². The first-order chi connectivity index (χ1) is 18.9. The molecule has 0 bridgehead atoms. The molecular weight excluding hydrogens is 663 g/mol.